The number of carbonyl (C=O) groups is 1. The zero-order valence-corrected chi connectivity index (χ0v) is 9.44. The highest BCUT2D eigenvalue weighted by Gasteiger charge is 2.13. The number of aromatic nitrogens is 1. The molecule has 0 aliphatic heterocycles. The van der Waals surface area contributed by atoms with Crippen LogP contribution >= 0.6 is 11.6 Å². The van der Waals surface area contributed by atoms with Crippen LogP contribution in [0.25, 0.3) is 0 Å². The zero-order chi connectivity index (χ0) is 12.3. The van der Waals surface area contributed by atoms with Crippen LogP contribution in [0, 0.1) is 0 Å². The molecule has 0 radical (unpaired) electrons. The summed E-state index contributed by atoms with van der Waals surface area (Å²) in [5, 5.41) is 11.9. The summed E-state index contributed by atoms with van der Waals surface area (Å²) < 4.78 is 5.12. The van der Waals surface area contributed by atoms with E-state index in [4.69, 9.17) is 21.1 Å². The lowest BCUT2D eigenvalue weighted by molar-refractivity contribution is 0.0697. The molecule has 0 fully saturated rings. The minimum atomic E-state index is -1.08. The van der Waals surface area contributed by atoms with Crippen molar-refractivity contribution in [1.82, 2.24) is 4.98 Å². The summed E-state index contributed by atoms with van der Waals surface area (Å²) in [5.41, 5.74) is 0.0172. The Kier molecular flexibility index (Phi) is 3.30. The number of halogens is 1. The molecule has 0 spiro atoms. The van der Waals surface area contributed by atoms with Crippen LogP contribution in [0.15, 0.2) is 35.1 Å². The lowest BCUT2D eigenvalue weighted by Crippen LogP contribution is -2.05. The predicted octanol–water partition coefficient (Wildman–Crippen LogP) is 2.64. The lowest BCUT2D eigenvalue weighted by atomic mass is 10.2. The Balaban J connectivity index is 2.16. The van der Waals surface area contributed by atoms with Gasteiger partial charge in [0, 0.05) is 6.20 Å². The lowest BCUT2D eigenvalue weighted by Gasteiger charge is -2.07. The second-order valence-corrected chi connectivity index (χ2v) is 3.64. The fraction of sp³-hybridized carbons (Fsp3) is 0.0909. The van der Waals surface area contributed by atoms with E-state index in [-0.39, 0.29) is 10.6 Å². The van der Waals surface area contributed by atoms with Gasteiger partial charge in [0.2, 0.25) is 0 Å². The molecule has 0 saturated carbocycles. The molecule has 6 heteroatoms. The largest absolute Gasteiger partial charge is 0.478 e. The maximum atomic E-state index is 10.8. The van der Waals surface area contributed by atoms with Crippen molar-refractivity contribution in [3.05, 3.63) is 47.0 Å². The van der Waals surface area contributed by atoms with Gasteiger partial charge in [-0.2, -0.15) is 0 Å². The highest BCUT2D eigenvalue weighted by atomic mass is 35.5. The van der Waals surface area contributed by atoms with Gasteiger partial charge in [0.25, 0.3) is 0 Å². The van der Waals surface area contributed by atoms with Crippen LogP contribution in [0.3, 0.4) is 0 Å². The standard InChI is InChI=1S/C11H9ClN2O3/c12-9-8(11(15)16)3-4-13-10(9)14-6-7-2-1-5-17-7/h1-5H,6H2,(H,13,14)(H,15,16). The number of carboxylic acid groups (broad SMARTS) is 1. The molecular weight excluding hydrogens is 244 g/mol. The van der Waals surface area contributed by atoms with E-state index in [9.17, 15) is 4.79 Å². The fourth-order valence-corrected chi connectivity index (χ4v) is 1.58. The summed E-state index contributed by atoms with van der Waals surface area (Å²) in [6.45, 7) is 0.392. The molecule has 0 aliphatic rings. The maximum absolute atomic E-state index is 10.8. The molecule has 0 atom stereocenters. The molecular formula is C11H9ClN2O3. The van der Waals surface area contributed by atoms with Crippen LogP contribution < -0.4 is 5.32 Å². The van der Waals surface area contributed by atoms with Gasteiger partial charge in [-0.25, -0.2) is 9.78 Å². The van der Waals surface area contributed by atoms with Crippen molar-refractivity contribution < 1.29 is 14.3 Å². The average Bonchev–Trinajstić information content (AvgIpc) is 2.80. The van der Waals surface area contributed by atoms with Gasteiger partial charge in [-0.05, 0) is 18.2 Å². The summed E-state index contributed by atoms with van der Waals surface area (Å²) in [5.74, 6) is -0.0509. The Morgan fingerprint density at radius 3 is 3.00 bits per heavy atom. The minimum Gasteiger partial charge on any atom is -0.478 e. The van der Waals surface area contributed by atoms with Crippen molar-refractivity contribution in [3.8, 4) is 0 Å². The van der Waals surface area contributed by atoms with Crippen LogP contribution in [0.5, 0.6) is 0 Å². The maximum Gasteiger partial charge on any atom is 0.337 e. The van der Waals surface area contributed by atoms with E-state index in [0.29, 0.717) is 18.1 Å². The predicted molar refractivity (Wildman–Crippen MR) is 62.2 cm³/mol. The molecule has 0 bridgehead atoms. The Bertz CT molecular complexity index is 526. The van der Waals surface area contributed by atoms with Gasteiger partial charge < -0.3 is 14.8 Å². The molecule has 5 nitrogen and oxygen atoms in total. The summed E-state index contributed by atoms with van der Waals surface area (Å²) in [7, 11) is 0. The minimum absolute atomic E-state index is 0.0172. The van der Waals surface area contributed by atoms with Gasteiger partial charge in [-0.3, -0.25) is 0 Å². The first-order valence-corrected chi connectivity index (χ1v) is 5.20. The van der Waals surface area contributed by atoms with E-state index in [0.717, 1.165) is 0 Å². The summed E-state index contributed by atoms with van der Waals surface area (Å²) in [6, 6.07) is 4.91. The summed E-state index contributed by atoms with van der Waals surface area (Å²) in [6.07, 6.45) is 2.94. The second-order valence-electron chi connectivity index (χ2n) is 3.26. The van der Waals surface area contributed by atoms with Crippen molar-refractivity contribution in [2.75, 3.05) is 5.32 Å². The molecule has 0 saturated heterocycles. The number of hydrogen-bond acceptors (Lipinski definition) is 4. The van der Waals surface area contributed by atoms with Crippen molar-refractivity contribution in [3.63, 3.8) is 0 Å². The summed E-state index contributed by atoms with van der Waals surface area (Å²) >= 11 is 5.91. The molecule has 17 heavy (non-hydrogen) atoms. The molecule has 0 aliphatic carbocycles. The third kappa shape index (κ3) is 2.57. The van der Waals surface area contributed by atoms with Gasteiger partial charge in [0.15, 0.2) is 0 Å². The quantitative estimate of drug-likeness (QED) is 0.875. The molecule has 2 N–H and O–H groups in total. The van der Waals surface area contributed by atoms with Crippen LogP contribution in [0.2, 0.25) is 5.02 Å². The number of nitrogens with zero attached hydrogens (tertiary/aromatic N) is 1. The number of anilines is 1. The van der Waals surface area contributed by atoms with Crippen molar-refractivity contribution in [1.29, 1.82) is 0 Å². The van der Waals surface area contributed by atoms with Gasteiger partial charge in [0.05, 0.1) is 23.4 Å². The Labute approximate surface area is 102 Å². The fourth-order valence-electron chi connectivity index (χ4n) is 1.32. The van der Waals surface area contributed by atoms with Crippen LogP contribution in [0.4, 0.5) is 5.82 Å². The first kappa shape index (κ1) is 11.5. The van der Waals surface area contributed by atoms with E-state index < -0.39 is 5.97 Å². The topological polar surface area (TPSA) is 75.4 Å². The zero-order valence-electron chi connectivity index (χ0n) is 8.68. The monoisotopic (exact) mass is 252 g/mol. The van der Waals surface area contributed by atoms with Crippen molar-refractivity contribution in [2.24, 2.45) is 0 Å². The number of pyridine rings is 1. The van der Waals surface area contributed by atoms with E-state index in [2.05, 4.69) is 10.3 Å². The molecule has 88 valence electrons. The third-order valence-electron chi connectivity index (χ3n) is 2.13. The van der Waals surface area contributed by atoms with E-state index >= 15 is 0 Å². The van der Waals surface area contributed by atoms with Crippen molar-refractivity contribution in [2.45, 2.75) is 6.54 Å². The number of aromatic carboxylic acids is 1. The highest BCUT2D eigenvalue weighted by molar-refractivity contribution is 6.35. The van der Waals surface area contributed by atoms with Crippen molar-refractivity contribution >= 4 is 23.4 Å². The summed E-state index contributed by atoms with van der Waals surface area (Å²) in [4.78, 5) is 14.8. The van der Waals surface area contributed by atoms with E-state index in [1.807, 2.05) is 0 Å². The first-order valence-electron chi connectivity index (χ1n) is 4.82. The van der Waals surface area contributed by atoms with Gasteiger partial charge in [-0.15, -0.1) is 0 Å². The number of furan rings is 1. The van der Waals surface area contributed by atoms with Crippen LogP contribution in [0.1, 0.15) is 16.1 Å². The molecule has 0 unspecified atom stereocenters. The molecule has 0 amide bonds. The highest BCUT2D eigenvalue weighted by Crippen LogP contribution is 2.23. The van der Waals surface area contributed by atoms with Crippen LogP contribution in [-0.2, 0) is 6.54 Å². The first-order chi connectivity index (χ1) is 8.18. The second kappa shape index (κ2) is 4.88. The SMILES string of the molecule is O=C(O)c1ccnc(NCc2ccco2)c1Cl. The van der Waals surface area contributed by atoms with E-state index in [1.165, 1.54) is 12.3 Å². The number of hydrogen-bond donors (Lipinski definition) is 2. The number of nitrogens with one attached hydrogen (secondary N) is 1. The molecule has 0 aromatic carbocycles. The van der Waals surface area contributed by atoms with Gasteiger partial charge in [-0.1, -0.05) is 11.6 Å². The van der Waals surface area contributed by atoms with Gasteiger partial charge in [0.1, 0.15) is 11.6 Å². The number of rotatable bonds is 4. The molecule has 2 heterocycles. The van der Waals surface area contributed by atoms with Gasteiger partial charge >= 0.3 is 5.97 Å². The third-order valence-corrected chi connectivity index (χ3v) is 2.51. The van der Waals surface area contributed by atoms with Crippen LogP contribution in [-0.4, -0.2) is 16.1 Å². The Morgan fingerprint density at radius 1 is 1.53 bits per heavy atom. The Hall–Kier alpha value is -2.01. The molecule has 2 rings (SSSR count). The van der Waals surface area contributed by atoms with E-state index in [1.54, 1.807) is 18.4 Å². The average molecular weight is 253 g/mol. The molecule has 2 aromatic heterocycles. The normalized spacial score (nSPS) is 10.2. The Morgan fingerprint density at radius 2 is 2.35 bits per heavy atom. The smallest absolute Gasteiger partial charge is 0.337 e. The number of carboxylic acids is 1. The molecule has 2 aromatic rings.